The maximum atomic E-state index is 13.2. The number of hydrogen-bond donors (Lipinski definition) is 1. The van der Waals surface area contributed by atoms with Crippen LogP contribution < -0.4 is 10.2 Å². The molecular formula is C23H23N3O5. The average molecular weight is 421 g/mol. The molecule has 0 unspecified atom stereocenters. The molecule has 0 bridgehead atoms. The van der Waals surface area contributed by atoms with E-state index in [1.165, 1.54) is 16.8 Å². The summed E-state index contributed by atoms with van der Waals surface area (Å²) in [6.07, 6.45) is 0.190. The van der Waals surface area contributed by atoms with Crippen LogP contribution in [0.25, 0.3) is 0 Å². The maximum Gasteiger partial charge on any atom is 0.354 e. The predicted molar refractivity (Wildman–Crippen MR) is 113 cm³/mol. The van der Waals surface area contributed by atoms with Crippen molar-refractivity contribution in [1.82, 2.24) is 4.90 Å². The highest BCUT2D eigenvalue weighted by atomic mass is 16.5. The number of likely N-dealkylation sites (N-methyl/N-ethyl adjacent to an activating group) is 1. The lowest BCUT2D eigenvalue weighted by atomic mass is 9.97. The maximum absolute atomic E-state index is 13.2. The molecule has 0 spiro atoms. The Bertz CT molecular complexity index is 1110. The first-order valence-corrected chi connectivity index (χ1v) is 10.0. The Balaban J connectivity index is 1.56. The van der Waals surface area contributed by atoms with Crippen LogP contribution in [0.5, 0.6) is 0 Å². The Morgan fingerprint density at radius 3 is 2.61 bits per heavy atom. The Labute approximate surface area is 179 Å². The summed E-state index contributed by atoms with van der Waals surface area (Å²) in [5, 5.41) is 2.73. The summed E-state index contributed by atoms with van der Waals surface area (Å²) in [6, 6.07) is 12.2. The van der Waals surface area contributed by atoms with Crippen LogP contribution in [0.3, 0.4) is 0 Å². The Morgan fingerprint density at radius 1 is 1.10 bits per heavy atom. The lowest BCUT2D eigenvalue weighted by molar-refractivity contribution is -0.158. The summed E-state index contributed by atoms with van der Waals surface area (Å²) >= 11 is 0. The number of hydrogen-bond acceptors (Lipinski definition) is 5. The zero-order valence-corrected chi connectivity index (χ0v) is 17.6. The number of ether oxygens (including phenoxy) is 1. The molecule has 8 nitrogen and oxygen atoms in total. The Kier molecular flexibility index (Phi) is 5.00. The van der Waals surface area contributed by atoms with Gasteiger partial charge in [0.25, 0.3) is 11.8 Å². The molecule has 0 aliphatic carbocycles. The van der Waals surface area contributed by atoms with Crippen LogP contribution >= 0.6 is 0 Å². The van der Waals surface area contributed by atoms with E-state index in [1.54, 1.807) is 30.3 Å². The zero-order valence-electron chi connectivity index (χ0n) is 17.6. The molecular weight excluding hydrogens is 398 g/mol. The molecule has 3 amide bonds. The molecule has 4 rings (SSSR count). The van der Waals surface area contributed by atoms with E-state index in [-0.39, 0.29) is 24.7 Å². The van der Waals surface area contributed by atoms with Crippen molar-refractivity contribution in [2.24, 2.45) is 0 Å². The second-order valence-electron chi connectivity index (χ2n) is 7.80. The standard InChI is InChI=1S/C23H23N3O5/c1-14-7-6-9-17(15(14)2)24-19(27)13-31-22(30)23-12-11-20(28)26(23)18-10-5-4-8-16(18)21(29)25(23)3/h4-10H,11-13H2,1-3H3,(H,24,27)/t23-/m1/s1. The van der Waals surface area contributed by atoms with Crippen LogP contribution in [-0.4, -0.2) is 47.9 Å². The van der Waals surface area contributed by atoms with Crippen molar-refractivity contribution in [2.45, 2.75) is 32.4 Å². The fraction of sp³-hybridized carbons (Fsp3) is 0.304. The molecule has 2 aromatic rings. The molecule has 2 aliphatic heterocycles. The quantitative estimate of drug-likeness (QED) is 0.765. The summed E-state index contributed by atoms with van der Waals surface area (Å²) in [4.78, 5) is 53.8. The van der Waals surface area contributed by atoms with Crippen LogP contribution in [0.1, 0.15) is 34.3 Å². The molecule has 0 radical (unpaired) electrons. The van der Waals surface area contributed by atoms with E-state index in [0.717, 1.165) is 11.1 Å². The van der Waals surface area contributed by atoms with E-state index in [4.69, 9.17) is 4.74 Å². The van der Waals surface area contributed by atoms with Gasteiger partial charge in [0, 0.05) is 25.6 Å². The summed E-state index contributed by atoms with van der Waals surface area (Å²) in [7, 11) is 1.47. The van der Waals surface area contributed by atoms with E-state index in [1.807, 2.05) is 26.0 Å². The number of amides is 3. The third-order valence-electron chi connectivity index (χ3n) is 6.08. The van der Waals surface area contributed by atoms with Crippen LogP contribution in [-0.2, 0) is 19.1 Å². The number of carbonyl (C=O) groups excluding carboxylic acids is 4. The van der Waals surface area contributed by atoms with Crippen LogP contribution in [0.15, 0.2) is 42.5 Å². The third-order valence-corrected chi connectivity index (χ3v) is 6.08. The lowest BCUT2D eigenvalue weighted by Gasteiger charge is -2.46. The molecule has 2 aliphatic rings. The molecule has 2 aromatic carbocycles. The summed E-state index contributed by atoms with van der Waals surface area (Å²) in [6.45, 7) is 3.29. The van der Waals surface area contributed by atoms with Crippen molar-refractivity contribution in [3.05, 3.63) is 59.2 Å². The van der Waals surface area contributed by atoms with Crippen molar-refractivity contribution in [3.8, 4) is 0 Å². The topological polar surface area (TPSA) is 96.0 Å². The number of rotatable bonds is 4. The normalized spacial score (nSPS) is 19.7. The molecule has 0 saturated carbocycles. The van der Waals surface area contributed by atoms with Crippen molar-refractivity contribution in [2.75, 3.05) is 23.9 Å². The number of anilines is 2. The summed E-state index contributed by atoms with van der Waals surface area (Å²) in [5.41, 5.74) is 1.71. The van der Waals surface area contributed by atoms with Gasteiger partial charge in [-0.25, -0.2) is 4.79 Å². The van der Waals surface area contributed by atoms with E-state index in [0.29, 0.717) is 16.9 Å². The number of carbonyl (C=O) groups is 4. The largest absolute Gasteiger partial charge is 0.452 e. The number of para-hydroxylation sites is 1. The first-order valence-electron chi connectivity index (χ1n) is 10.0. The van der Waals surface area contributed by atoms with Crippen molar-refractivity contribution >= 4 is 35.1 Å². The van der Waals surface area contributed by atoms with Gasteiger partial charge in [-0.05, 0) is 43.2 Å². The Morgan fingerprint density at radius 2 is 1.84 bits per heavy atom. The number of esters is 1. The summed E-state index contributed by atoms with van der Waals surface area (Å²) < 4.78 is 5.33. The van der Waals surface area contributed by atoms with E-state index >= 15 is 0 Å². The molecule has 1 saturated heterocycles. The van der Waals surface area contributed by atoms with Crippen LogP contribution in [0, 0.1) is 13.8 Å². The zero-order chi connectivity index (χ0) is 22.3. The SMILES string of the molecule is Cc1cccc(NC(=O)COC(=O)[C@@]23CCC(=O)N2c2ccccc2C(=O)N3C)c1C. The van der Waals surface area contributed by atoms with Gasteiger partial charge in [0.2, 0.25) is 11.6 Å². The van der Waals surface area contributed by atoms with Crippen LogP contribution in [0.2, 0.25) is 0 Å². The minimum Gasteiger partial charge on any atom is -0.452 e. The van der Waals surface area contributed by atoms with E-state index < -0.39 is 24.1 Å². The molecule has 1 atom stereocenters. The number of nitrogens with one attached hydrogen (secondary N) is 1. The fourth-order valence-electron chi connectivity index (χ4n) is 4.21. The molecule has 1 fully saturated rings. The van der Waals surface area contributed by atoms with Gasteiger partial charge < -0.3 is 15.0 Å². The van der Waals surface area contributed by atoms with E-state index in [9.17, 15) is 19.2 Å². The highest BCUT2D eigenvalue weighted by molar-refractivity contribution is 6.15. The molecule has 160 valence electrons. The van der Waals surface area contributed by atoms with Gasteiger partial charge in [-0.1, -0.05) is 24.3 Å². The highest BCUT2D eigenvalue weighted by Crippen LogP contribution is 2.44. The number of benzene rings is 2. The predicted octanol–water partition coefficient (Wildman–Crippen LogP) is 2.39. The number of aryl methyl sites for hydroxylation is 1. The van der Waals surface area contributed by atoms with Gasteiger partial charge in [0.15, 0.2) is 6.61 Å². The molecule has 8 heteroatoms. The van der Waals surface area contributed by atoms with Gasteiger partial charge in [-0.2, -0.15) is 0 Å². The first-order chi connectivity index (χ1) is 14.8. The third kappa shape index (κ3) is 3.15. The second kappa shape index (κ2) is 7.54. The van der Waals surface area contributed by atoms with Gasteiger partial charge in [0.05, 0.1) is 11.3 Å². The van der Waals surface area contributed by atoms with Gasteiger partial charge in [-0.15, -0.1) is 0 Å². The smallest absolute Gasteiger partial charge is 0.354 e. The van der Waals surface area contributed by atoms with Crippen molar-refractivity contribution < 1.29 is 23.9 Å². The van der Waals surface area contributed by atoms with E-state index in [2.05, 4.69) is 5.32 Å². The number of nitrogens with zero attached hydrogens (tertiary/aromatic N) is 2. The number of fused-ring (bicyclic) bond motifs is 3. The van der Waals surface area contributed by atoms with Gasteiger partial charge >= 0.3 is 5.97 Å². The molecule has 0 aromatic heterocycles. The van der Waals surface area contributed by atoms with Crippen molar-refractivity contribution in [1.29, 1.82) is 0 Å². The van der Waals surface area contributed by atoms with Gasteiger partial charge in [-0.3, -0.25) is 19.3 Å². The monoisotopic (exact) mass is 421 g/mol. The fourth-order valence-corrected chi connectivity index (χ4v) is 4.21. The average Bonchev–Trinajstić information content (AvgIpc) is 3.12. The minimum atomic E-state index is -1.60. The Hall–Kier alpha value is -3.68. The summed E-state index contributed by atoms with van der Waals surface area (Å²) in [5.74, 6) is -1.96. The minimum absolute atomic E-state index is 0.0930. The van der Waals surface area contributed by atoms with Crippen molar-refractivity contribution in [3.63, 3.8) is 0 Å². The molecule has 2 heterocycles. The van der Waals surface area contributed by atoms with Crippen LogP contribution in [0.4, 0.5) is 11.4 Å². The second-order valence-corrected chi connectivity index (χ2v) is 7.80. The highest BCUT2D eigenvalue weighted by Gasteiger charge is 2.60. The lowest BCUT2D eigenvalue weighted by Crippen LogP contribution is -2.67. The first kappa shape index (κ1) is 20.6. The molecule has 31 heavy (non-hydrogen) atoms. The molecule has 1 N–H and O–H groups in total. The van der Waals surface area contributed by atoms with Gasteiger partial charge in [0.1, 0.15) is 0 Å².